The van der Waals surface area contributed by atoms with Gasteiger partial charge >= 0.3 is 5.97 Å². The fraction of sp³-hybridized carbons (Fsp3) is 0.375. The first kappa shape index (κ1) is 48.5. The number of thiazole rings is 1. The number of carbonyl (C=O) groups excluding carboxylic acids is 3. The van der Waals surface area contributed by atoms with Crippen LogP contribution in [0.2, 0.25) is 0 Å². The topological polar surface area (TPSA) is 193 Å². The van der Waals surface area contributed by atoms with Gasteiger partial charge in [-0.2, -0.15) is 0 Å². The van der Waals surface area contributed by atoms with Gasteiger partial charge in [-0.1, -0.05) is 47.7 Å². The molecule has 3 fully saturated rings. The fourth-order valence-electron chi connectivity index (χ4n) is 11.0. The first-order valence-electron chi connectivity index (χ1n) is 25.2. The lowest BCUT2D eigenvalue weighted by molar-refractivity contribution is -0.134. The molecule has 0 saturated carbocycles. The van der Waals surface area contributed by atoms with Gasteiger partial charge in [0.2, 0.25) is 11.8 Å². The number of nitrogens with zero attached hydrogens (tertiary/aromatic N) is 5. The highest BCUT2D eigenvalue weighted by Crippen LogP contribution is 2.36. The zero-order valence-electron chi connectivity index (χ0n) is 40.8. The number of aromatic carboxylic acids is 1. The molecule has 5 N–H and O–H groups in total. The molecule has 10 rings (SSSR count). The number of carboxylic acids is 1. The third kappa shape index (κ3) is 10.4. The van der Waals surface area contributed by atoms with Crippen LogP contribution < -0.4 is 30.5 Å². The molecule has 1 atom stereocenters. The molecular weight excluding hydrogens is 927 g/mol. The molecule has 6 aromatic rings. The van der Waals surface area contributed by atoms with E-state index in [1.54, 1.807) is 0 Å². The van der Waals surface area contributed by atoms with Crippen molar-refractivity contribution in [3.8, 4) is 16.9 Å². The van der Waals surface area contributed by atoms with E-state index >= 15 is 0 Å². The van der Waals surface area contributed by atoms with Crippen LogP contribution in [0.4, 0.5) is 22.3 Å². The third-order valence-electron chi connectivity index (χ3n) is 15.2. The van der Waals surface area contributed by atoms with Crippen LogP contribution in [0.3, 0.4) is 0 Å². The molecule has 4 aromatic carbocycles. The third-order valence-corrected chi connectivity index (χ3v) is 16.1. The normalized spacial score (nSPS) is 17.9. The predicted molar refractivity (Wildman–Crippen MR) is 283 cm³/mol. The minimum atomic E-state index is -1.11. The second-order valence-corrected chi connectivity index (χ2v) is 20.6. The molecule has 4 aliphatic heterocycles. The van der Waals surface area contributed by atoms with Crippen LogP contribution in [-0.2, 0) is 22.6 Å². The number of carboxylic acid groups (broad SMARTS) is 1. The van der Waals surface area contributed by atoms with Gasteiger partial charge in [0, 0.05) is 74.3 Å². The van der Waals surface area contributed by atoms with Crippen LogP contribution in [0.1, 0.15) is 88.0 Å². The Labute approximate surface area is 423 Å². The Morgan fingerprint density at radius 2 is 1.62 bits per heavy atom. The number of piperidine rings is 3. The van der Waals surface area contributed by atoms with Crippen LogP contribution in [-0.4, -0.2) is 102 Å². The number of hydrogen-bond donors (Lipinski definition) is 5. The van der Waals surface area contributed by atoms with Gasteiger partial charge in [-0.25, -0.2) is 14.8 Å². The summed E-state index contributed by atoms with van der Waals surface area (Å²) in [4.78, 5) is 67.1. The summed E-state index contributed by atoms with van der Waals surface area (Å²) in [6.07, 6.45) is 6.75. The van der Waals surface area contributed by atoms with Crippen molar-refractivity contribution in [3.05, 3.63) is 125 Å². The van der Waals surface area contributed by atoms with Gasteiger partial charge in [0.05, 0.1) is 28.5 Å². The number of nitrogens with one attached hydrogen (secondary N) is 4. The Morgan fingerprint density at radius 3 is 2.40 bits per heavy atom. The number of para-hydroxylation sites is 1. The van der Waals surface area contributed by atoms with E-state index in [2.05, 4.69) is 42.9 Å². The van der Waals surface area contributed by atoms with Gasteiger partial charge < -0.3 is 35.3 Å². The summed E-state index contributed by atoms with van der Waals surface area (Å²) >= 11 is 1.43. The number of carbonyl (C=O) groups is 4. The second kappa shape index (κ2) is 21.3. The number of ether oxygens (including phenoxy) is 1. The lowest BCUT2D eigenvalue weighted by Gasteiger charge is -2.38. The van der Waals surface area contributed by atoms with Crippen LogP contribution in [0.15, 0.2) is 91.0 Å². The molecule has 15 nitrogen and oxygen atoms in total. The highest BCUT2D eigenvalue weighted by atomic mass is 32.1. The molecule has 72 heavy (non-hydrogen) atoms. The zero-order valence-corrected chi connectivity index (χ0v) is 41.7. The number of fused-ring (bicyclic) bond motifs is 2. The average molecular weight is 988 g/mol. The number of anilines is 4. The van der Waals surface area contributed by atoms with E-state index in [0.29, 0.717) is 72.0 Å². The maximum absolute atomic E-state index is 13.7. The van der Waals surface area contributed by atoms with E-state index < -0.39 is 17.8 Å². The number of pyridine rings is 1. The molecule has 0 radical (unpaired) electrons. The minimum absolute atomic E-state index is 0.0289. The van der Waals surface area contributed by atoms with Crippen molar-refractivity contribution in [2.45, 2.75) is 64.8 Å². The highest BCUT2D eigenvalue weighted by Gasteiger charge is 2.33. The van der Waals surface area contributed by atoms with Crippen molar-refractivity contribution in [1.82, 2.24) is 20.2 Å². The van der Waals surface area contributed by atoms with Crippen molar-refractivity contribution < 1.29 is 29.0 Å². The number of aromatic nitrogens is 2. The van der Waals surface area contributed by atoms with Crippen molar-refractivity contribution in [2.24, 2.45) is 17.8 Å². The Bertz CT molecular complexity index is 3020. The average Bonchev–Trinajstić information content (AvgIpc) is 3.81. The number of amides is 3. The summed E-state index contributed by atoms with van der Waals surface area (Å²) in [6.45, 7) is 8.81. The predicted octanol–water partition coefficient (Wildman–Crippen LogP) is 9.04. The SMILES string of the molecule is CNc1cc(N2CCC(CN3CCC(CCOc4cccc(-c5ccc(N6CCc7cccc(C(=O)Nc8nc9ccccc9s8)c7C6)nc5C(=O)O)c4C)CC3)CC2)ccc1C(=N)C1CCC(=O)NC1=O. The maximum atomic E-state index is 13.7. The standard InChI is InChI=1S/C56H61N9O6S/c1-34-39(40-15-17-49(60-52(40)55(69)70)65-29-23-37-7-5-9-41(44(37)33-65)53(67)62-56-59-45-10-3-4-12-48(45)72-56)8-6-11-47(34)71-30-24-35-19-25-63(26-20-35)32-36-21-27-64(28-22-36)38-13-14-42(46(31-38)58-2)51(57)43-16-18-50(66)61-54(43)68/h3-15,17,31,35-36,43,57-58H,16,18-30,32-33H2,1-2H3,(H,69,70)(H,59,62,67)(H,61,66,68). The molecule has 1 unspecified atom stereocenters. The second-order valence-electron chi connectivity index (χ2n) is 19.6. The minimum Gasteiger partial charge on any atom is -0.493 e. The summed E-state index contributed by atoms with van der Waals surface area (Å²) in [7, 11) is 1.84. The molecule has 0 bridgehead atoms. The van der Waals surface area contributed by atoms with Crippen LogP contribution in [0, 0.1) is 30.1 Å². The lowest BCUT2D eigenvalue weighted by atomic mass is 9.88. The Morgan fingerprint density at radius 1 is 0.833 bits per heavy atom. The first-order chi connectivity index (χ1) is 35.0. The van der Waals surface area contributed by atoms with E-state index in [9.17, 15) is 24.3 Å². The molecule has 372 valence electrons. The Balaban J connectivity index is 0.700. The number of imide groups is 1. The van der Waals surface area contributed by atoms with Crippen molar-refractivity contribution >= 4 is 73.3 Å². The Kier molecular flexibility index (Phi) is 14.3. The largest absolute Gasteiger partial charge is 0.493 e. The van der Waals surface area contributed by atoms with Crippen molar-refractivity contribution in [3.63, 3.8) is 0 Å². The Hall–Kier alpha value is -7.17. The van der Waals surface area contributed by atoms with E-state index in [0.717, 1.165) is 114 Å². The summed E-state index contributed by atoms with van der Waals surface area (Å²) in [6, 6.07) is 29.1. The monoisotopic (exact) mass is 987 g/mol. The summed E-state index contributed by atoms with van der Waals surface area (Å²) in [5, 5.41) is 28.4. The molecule has 3 saturated heterocycles. The van der Waals surface area contributed by atoms with E-state index in [1.165, 1.54) is 11.3 Å². The quantitative estimate of drug-likeness (QED) is 0.0485. The van der Waals surface area contributed by atoms with Gasteiger partial charge in [-0.3, -0.25) is 25.0 Å². The van der Waals surface area contributed by atoms with Crippen LogP contribution >= 0.6 is 11.3 Å². The first-order valence-corrected chi connectivity index (χ1v) is 26.0. The van der Waals surface area contributed by atoms with Crippen LogP contribution in [0.5, 0.6) is 5.75 Å². The molecule has 3 amide bonds. The summed E-state index contributed by atoms with van der Waals surface area (Å²) in [5.74, 6) is -0.133. The van der Waals surface area contributed by atoms with Gasteiger partial charge in [-0.15, -0.1) is 0 Å². The smallest absolute Gasteiger partial charge is 0.355 e. The molecule has 4 aliphatic rings. The van der Waals surface area contributed by atoms with Gasteiger partial charge in [0.1, 0.15) is 11.6 Å². The molecule has 0 spiro atoms. The molecule has 6 heterocycles. The lowest BCUT2D eigenvalue weighted by Crippen LogP contribution is -2.44. The highest BCUT2D eigenvalue weighted by molar-refractivity contribution is 7.22. The van der Waals surface area contributed by atoms with Gasteiger partial charge in [-0.05, 0) is 154 Å². The van der Waals surface area contributed by atoms with E-state index in [4.69, 9.17) is 15.1 Å². The van der Waals surface area contributed by atoms with Crippen molar-refractivity contribution in [1.29, 1.82) is 5.41 Å². The van der Waals surface area contributed by atoms with E-state index in [1.807, 2.05) is 97.7 Å². The van der Waals surface area contributed by atoms with E-state index in [-0.39, 0.29) is 29.6 Å². The fourth-order valence-corrected chi connectivity index (χ4v) is 11.9. The number of benzene rings is 4. The molecular formula is C56H61N9O6S. The number of likely N-dealkylation sites (tertiary alicyclic amines) is 1. The molecule has 2 aromatic heterocycles. The van der Waals surface area contributed by atoms with Crippen LogP contribution in [0.25, 0.3) is 21.3 Å². The molecule has 0 aliphatic carbocycles. The summed E-state index contributed by atoms with van der Waals surface area (Å²) < 4.78 is 7.43. The maximum Gasteiger partial charge on any atom is 0.355 e. The number of rotatable bonds is 15. The number of hydrogen-bond acceptors (Lipinski definition) is 13. The van der Waals surface area contributed by atoms with Gasteiger partial charge in [0.25, 0.3) is 5.91 Å². The summed E-state index contributed by atoms with van der Waals surface area (Å²) in [5.41, 5.74) is 8.38. The van der Waals surface area contributed by atoms with Crippen molar-refractivity contribution in [2.75, 3.05) is 73.4 Å². The molecule has 16 heteroatoms. The van der Waals surface area contributed by atoms with Gasteiger partial charge in [0.15, 0.2) is 10.8 Å². The zero-order chi connectivity index (χ0) is 49.9.